The number of benzene rings is 2. The van der Waals surface area contributed by atoms with E-state index in [0.29, 0.717) is 11.1 Å². The van der Waals surface area contributed by atoms with Crippen molar-refractivity contribution in [1.29, 1.82) is 5.26 Å². The Morgan fingerprint density at radius 1 is 1.21 bits per heavy atom. The fraction of sp³-hybridized carbons (Fsp3) is 0.278. The summed E-state index contributed by atoms with van der Waals surface area (Å²) in [7, 11) is 0. The van der Waals surface area contributed by atoms with E-state index in [0.717, 1.165) is 5.56 Å². The smallest absolute Gasteiger partial charge is 0.146 e. The molecule has 2 rings (SSSR count). The Labute approximate surface area is 144 Å². The van der Waals surface area contributed by atoms with E-state index in [9.17, 15) is 8.94 Å². The number of nitrogen functional groups attached to an aromatic ring is 1. The maximum Gasteiger partial charge on any atom is 0.146 e. The minimum absolute atomic E-state index is 0.0253. The number of nitrogens with zero attached hydrogens (tertiary/aromatic N) is 1. The summed E-state index contributed by atoms with van der Waals surface area (Å²) >= 11 is -1.36. The first-order chi connectivity index (χ1) is 11.2. The molecule has 24 heavy (non-hydrogen) atoms. The molecule has 0 heterocycles. The van der Waals surface area contributed by atoms with Crippen molar-refractivity contribution in [2.24, 2.45) is 0 Å². The standard InChI is InChI=1S/C18H20FN3OS/c1-18(2,3)24(23)22-17(13-6-4-5-12(9-13)11-20)14-7-8-15(19)16(21)10-14/h4-10,17,22H,21H2,1-3H3/t17-,24?/m0/s1. The third-order valence-electron chi connectivity index (χ3n) is 3.48. The fourth-order valence-corrected chi connectivity index (χ4v) is 2.98. The zero-order valence-corrected chi connectivity index (χ0v) is 14.7. The van der Waals surface area contributed by atoms with Crippen LogP contribution >= 0.6 is 0 Å². The quantitative estimate of drug-likeness (QED) is 0.657. The van der Waals surface area contributed by atoms with Crippen molar-refractivity contribution in [2.45, 2.75) is 31.6 Å². The van der Waals surface area contributed by atoms with Crippen LogP contribution in [0, 0.1) is 17.1 Å². The van der Waals surface area contributed by atoms with Gasteiger partial charge in [0.15, 0.2) is 0 Å². The number of hydrogen-bond donors (Lipinski definition) is 2. The summed E-state index contributed by atoms with van der Waals surface area (Å²) in [5.41, 5.74) is 7.64. The molecule has 0 radical (unpaired) electrons. The Balaban J connectivity index is 2.48. The van der Waals surface area contributed by atoms with Crippen molar-refractivity contribution >= 4 is 17.0 Å². The summed E-state index contributed by atoms with van der Waals surface area (Å²) < 4.78 is 28.6. The normalized spacial score (nSPS) is 14.0. The molecule has 0 bridgehead atoms. The molecule has 2 atom stereocenters. The lowest BCUT2D eigenvalue weighted by molar-refractivity contribution is 0.535. The van der Waals surface area contributed by atoms with Crippen LogP contribution in [0.15, 0.2) is 42.5 Å². The molecule has 0 aliphatic rings. The van der Waals surface area contributed by atoms with E-state index >= 15 is 0 Å². The second-order valence-corrected chi connectivity index (χ2v) is 8.45. The first-order valence-corrected chi connectivity index (χ1v) is 8.60. The molecule has 0 aliphatic heterocycles. The molecule has 2 aromatic rings. The van der Waals surface area contributed by atoms with Gasteiger partial charge in [-0.1, -0.05) is 18.2 Å². The van der Waals surface area contributed by atoms with E-state index < -0.39 is 28.0 Å². The number of nitrogens with one attached hydrogen (secondary N) is 1. The molecule has 126 valence electrons. The van der Waals surface area contributed by atoms with Crippen LogP contribution in [-0.2, 0) is 11.4 Å². The zero-order valence-electron chi connectivity index (χ0n) is 13.8. The lowest BCUT2D eigenvalue weighted by Gasteiger charge is -2.28. The molecule has 0 fully saturated rings. The van der Waals surface area contributed by atoms with Crippen molar-refractivity contribution in [1.82, 2.24) is 4.72 Å². The van der Waals surface area contributed by atoms with Gasteiger partial charge in [0, 0.05) is 11.4 Å². The highest BCUT2D eigenvalue weighted by molar-refractivity contribution is 7.90. The highest BCUT2D eigenvalue weighted by atomic mass is 32.2. The molecule has 0 amide bonds. The molecule has 4 nitrogen and oxygen atoms in total. The first kappa shape index (κ1) is 18.3. The maximum absolute atomic E-state index is 13.5. The lowest BCUT2D eigenvalue weighted by Crippen LogP contribution is -2.41. The Kier molecular flexibility index (Phi) is 5.50. The maximum atomic E-state index is 13.5. The van der Waals surface area contributed by atoms with Crippen LogP contribution in [0.4, 0.5) is 10.1 Å². The van der Waals surface area contributed by atoms with Crippen molar-refractivity contribution in [3.05, 3.63) is 65.0 Å². The average molecular weight is 345 g/mol. The molecule has 0 saturated carbocycles. The Morgan fingerprint density at radius 3 is 2.46 bits per heavy atom. The SMILES string of the molecule is CC(C)(C)[S+]([O-])N[C@@H](c1cccc(C#N)c1)c1ccc(F)c(N)c1. The molecule has 0 aliphatic carbocycles. The molecule has 0 saturated heterocycles. The van der Waals surface area contributed by atoms with Crippen LogP contribution in [0.5, 0.6) is 0 Å². The highest BCUT2D eigenvalue weighted by Gasteiger charge is 2.30. The van der Waals surface area contributed by atoms with Gasteiger partial charge in [-0.05, 0) is 56.2 Å². The molecule has 2 aromatic carbocycles. The second kappa shape index (κ2) is 7.22. The summed E-state index contributed by atoms with van der Waals surface area (Å²) in [4.78, 5) is 0. The third kappa shape index (κ3) is 4.26. The van der Waals surface area contributed by atoms with Crippen molar-refractivity contribution in [3.63, 3.8) is 0 Å². The van der Waals surface area contributed by atoms with Crippen LogP contribution in [0.1, 0.15) is 43.5 Å². The lowest BCUT2D eigenvalue weighted by atomic mass is 9.98. The van der Waals surface area contributed by atoms with E-state index in [1.165, 1.54) is 12.1 Å². The van der Waals surface area contributed by atoms with E-state index in [1.807, 2.05) is 26.8 Å². The zero-order chi connectivity index (χ0) is 17.9. The summed E-state index contributed by atoms with van der Waals surface area (Å²) in [6, 6.07) is 13.0. The Bertz CT molecular complexity index is 768. The van der Waals surface area contributed by atoms with Crippen LogP contribution < -0.4 is 10.5 Å². The van der Waals surface area contributed by atoms with Gasteiger partial charge >= 0.3 is 0 Å². The molecule has 6 heteroatoms. The predicted molar refractivity (Wildman–Crippen MR) is 94.8 cm³/mol. The van der Waals surface area contributed by atoms with Gasteiger partial charge in [0.25, 0.3) is 0 Å². The summed E-state index contributed by atoms with van der Waals surface area (Å²) in [5.74, 6) is -0.500. The molecule has 0 spiro atoms. The summed E-state index contributed by atoms with van der Waals surface area (Å²) in [6.45, 7) is 5.58. The topological polar surface area (TPSA) is 84.9 Å². The molecular weight excluding hydrogens is 325 g/mol. The van der Waals surface area contributed by atoms with Crippen molar-refractivity contribution < 1.29 is 8.94 Å². The molecule has 3 N–H and O–H groups in total. The number of rotatable bonds is 4. The van der Waals surface area contributed by atoms with Gasteiger partial charge < -0.3 is 10.3 Å². The monoisotopic (exact) mass is 345 g/mol. The predicted octanol–water partition coefficient (Wildman–Crippen LogP) is 3.42. The second-order valence-electron chi connectivity index (χ2n) is 6.45. The Hall–Kier alpha value is -2.07. The van der Waals surface area contributed by atoms with Gasteiger partial charge in [0.2, 0.25) is 0 Å². The molecule has 0 aromatic heterocycles. The summed E-state index contributed by atoms with van der Waals surface area (Å²) in [6.07, 6.45) is 0. The number of hydrogen-bond acceptors (Lipinski definition) is 4. The molecule has 1 unspecified atom stereocenters. The van der Waals surface area contributed by atoms with Crippen molar-refractivity contribution in [2.75, 3.05) is 5.73 Å². The van der Waals surface area contributed by atoms with Crippen molar-refractivity contribution in [3.8, 4) is 6.07 Å². The number of nitrogens with two attached hydrogens (primary N) is 1. The van der Waals surface area contributed by atoms with Crippen LogP contribution in [0.25, 0.3) is 0 Å². The largest absolute Gasteiger partial charge is 0.598 e. The van der Waals surface area contributed by atoms with E-state index in [2.05, 4.69) is 10.8 Å². The number of anilines is 1. The number of nitriles is 1. The molecular formula is C18H20FN3OS. The number of halogens is 1. The van der Waals surface area contributed by atoms with Gasteiger partial charge in [-0.15, -0.1) is 4.72 Å². The van der Waals surface area contributed by atoms with Gasteiger partial charge in [-0.25, -0.2) is 4.39 Å². The Morgan fingerprint density at radius 2 is 1.88 bits per heavy atom. The van der Waals surface area contributed by atoms with E-state index in [-0.39, 0.29) is 5.69 Å². The third-order valence-corrected chi connectivity index (χ3v) is 5.05. The highest BCUT2D eigenvalue weighted by Crippen LogP contribution is 2.28. The first-order valence-electron chi connectivity index (χ1n) is 7.45. The van der Waals surface area contributed by atoms with E-state index in [1.54, 1.807) is 24.3 Å². The van der Waals surface area contributed by atoms with Crippen LogP contribution in [0.2, 0.25) is 0 Å². The van der Waals surface area contributed by atoms with Gasteiger partial charge in [-0.3, -0.25) is 0 Å². The average Bonchev–Trinajstić information content (AvgIpc) is 2.54. The minimum atomic E-state index is -1.36. The fourth-order valence-electron chi connectivity index (χ4n) is 2.14. The van der Waals surface area contributed by atoms with Gasteiger partial charge in [0.1, 0.15) is 16.6 Å². The minimum Gasteiger partial charge on any atom is -0.598 e. The van der Waals surface area contributed by atoms with Crippen LogP contribution in [0.3, 0.4) is 0 Å². The van der Waals surface area contributed by atoms with Crippen LogP contribution in [-0.4, -0.2) is 9.30 Å². The van der Waals surface area contributed by atoms with Gasteiger partial charge in [0.05, 0.1) is 17.3 Å². The van der Waals surface area contributed by atoms with Gasteiger partial charge in [-0.2, -0.15) is 5.26 Å². The van der Waals surface area contributed by atoms with E-state index in [4.69, 9.17) is 11.0 Å². The summed E-state index contributed by atoms with van der Waals surface area (Å²) in [5, 5.41) is 9.11.